The molecule has 2 unspecified atom stereocenters. The summed E-state index contributed by atoms with van der Waals surface area (Å²) in [6.45, 7) is 7.44. The third kappa shape index (κ3) is 2.15. The summed E-state index contributed by atoms with van der Waals surface area (Å²) >= 11 is 0. The summed E-state index contributed by atoms with van der Waals surface area (Å²) in [5.41, 5.74) is 4.56. The summed E-state index contributed by atoms with van der Waals surface area (Å²) < 4.78 is 0. The Labute approximate surface area is 169 Å². The van der Waals surface area contributed by atoms with E-state index in [1.165, 1.54) is 29.5 Å². The van der Waals surface area contributed by atoms with Gasteiger partial charge >= 0.3 is 0 Å². The number of hydrogen-bond donors (Lipinski definition) is 0. The maximum atomic E-state index is 2.51. The van der Waals surface area contributed by atoms with Gasteiger partial charge in [0.1, 0.15) is 17.3 Å². The van der Waals surface area contributed by atoms with Crippen molar-refractivity contribution in [2.24, 2.45) is 11.3 Å². The van der Waals surface area contributed by atoms with Crippen molar-refractivity contribution in [2.75, 3.05) is 0 Å². The standard InChI is InChI=1S/C28H29/c1-26(2)24-19-20-27(3,21-13-7-4-8-14-21)28(25(24)26,22-15-9-5-10-16-22)23-17-11-6-12-18-23/h4-18,24H,19-20H2,1-3H3/q+1. The van der Waals surface area contributed by atoms with Gasteiger partial charge in [0.05, 0.1) is 0 Å². The third-order valence-corrected chi connectivity index (χ3v) is 7.82. The number of hydrogen-bond acceptors (Lipinski definition) is 0. The zero-order valence-corrected chi connectivity index (χ0v) is 17.2. The summed E-state index contributed by atoms with van der Waals surface area (Å²) in [5.74, 6) is 2.44. The third-order valence-electron chi connectivity index (χ3n) is 7.82. The molecule has 0 nitrogen and oxygen atoms in total. The van der Waals surface area contributed by atoms with Crippen LogP contribution in [0.5, 0.6) is 0 Å². The van der Waals surface area contributed by atoms with E-state index in [2.05, 4.69) is 112 Å². The van der Waals surface area contributed by atoms with Crippen molar-refractivity contribution in [2.45, 2.75) is 44.4 Å². The molecule has 0 heterocycles. The average molecular weight is 366 g/mol. The molecule has 2 aliphatic carbocycles. The van der Waals surface area contributed by atoms with Gasteiger partial charge in [-0.2, -0.15) is 0 Å². The molecule has 0 saturated heterocycles. The number of rotatable bonds is 3. The zero-order valence-electron chi connectivity index (χ0n) is 17.2. The number of fused-ring (bicyclic) bond motifs is 1. The maximum Gasteiger partial charge on any atom is 0.171 e. The summed E-state index contributed by atoms with van der Waals surface area (Å²) in [5, 5.41) is 0. The lowest BCUT2D eigenvalue weighted by Crippen LogP contribution is -2.52. The van der Waals surface area contributed by atoms with Crippen molar-refractivity contribution in [3.8, 4) is 0 Å². The molecule has 2 atom stereocenters. The van der Waals surface area contributed by atoms with E-state index in [1.54, 1.807) is 5.92 Å². The first kappa shape index (κ1) is 17.6. The highest BCUT2D eigenvalue weighted by Gasteiger charge is 2.85. The van der Waals surface area contributed by atoms with E-state index >= 15 is 0 Å². The molecule has 28 heavy (non-hydrogen) atoms. The minimum absolute atomic E-state index is 0.0244. The van der Waals surface area contributed by atoms with Gasteiger partial charge < -0.3 is 0 Å². The van der Waals surface area contributed by atoms with Crippen LogP contribution in [0.3, 0.4) is 0 Å². The smallest absolute Gasteiger partial charge is 0.0622 e. The van der Waals surface area contributed by atoms with Crippen LogP contribution in [0.4, 0.5) is 0 Å². The normalized spacial score (nSPS) is 27.1. The van der Waals surface area contributed by atoms with Crippen LogP contribution in [0, 0.1) is 17.3 Å². The van der Waals surface area contributed by atoms with E-state index in [0.29, 0.717) is 5.92 Å². The van der Waals surface area contributed by atoms with Crippen LogP contribution in [0.15, 0.2) is 91.0 Å². The first-order valence-electron chi connectivity index (χ1n) is 10.6. The lowest BCUT2D eigenvalue weighted by molar-refractivity contribution is 0.244. The topological polar surface area (TPSA) is 0 Å². The molecule has 3 aromatic carbocycles. The quantitative estimate of drug-likeness (QED) is 0.440. The van der Waals surface area contributed by atoms with Crippen LogP contribution >= 0.6 is 0 Å². The molecule has 0 amide bonds. The summed E-state index contributed by atoms with van der Waals surface area (Å²) in [7, 11) is 0. The molecule has 2 saturated carbocycles. The van der Waals surface area contributed by atoms with E-state index in [0.717, 1.165) is 0 Å². The van der Waals surface area contributed by atoms with Crippen molar-refractivity contribution < 1.29 is 0 Å². The fourth-order valence-electron chi connectivity index (χ4n) is 6.46. The highest BCUT2D eigenvalue weighted by atomic mass is 14.8. The van der Waals surface area contributed by atoms with Gasteiger partial charge in [0.2, 0.25) is 0 Å². The summed E-state index contributed by atoms with van der Waals surface area (Å²) in [6.07, 6.45) is 2.49. The minimum atomic E-state index is -0.0940. The van der Waals surface area contributed by atoms with Crippen LogP contribution in [-0.4, -0.2) is 0 Å². The Bertz CT molecular complexity index is 915. The van der Waals surface area contributed by atoms with Crippen molar-refractivity contribution in [1.29, 1.82) is 0 Å². The fourth-order valence-corrected chi connectivity index (χ4v) is 6.46. The lowest BCUT2D eigenvalue weighted by Gasteiger charge is -2.47. The predicted molar refractivity (Wildman–Crippen MR) is 117 cm³/mol. The Balaban J connectivity index is 1.87. The molecule has 5 rings (SSSR count). The largest absolute Gasteiger partial charge is 0.171 e. The Kier molecular flexibility index (Phi) is 3.78. The van der Waals surface area contributed by atoms with Crippen molar-refractivity contribution >= 4 is 0 Å². The van der Waals surface area contributed by atoms with Crippen LogP contribution in [0.1, 0.15) is 50.3 Å². The van der Waals surface area contributed by atoms with Gasteiger partial charge in [-0.05, 0) is 32.3 Å². The van der Waals surface area contributed by atoms with Gasteiger partial charge in [0, 0.05) is 16.5 Å². The van der Waals surface area contributed by atoms with Gasteiger partial charge in [-0.1, -0.05) is 97.9 Å². The number of benzene rings is 3. The molecule has 0 bridgehead atoms. The van der Waals surface area contributed by atoms with Crippen molar-refractivity contribution in [3.63, 3.8) is 0 Å². The van der Waals surface area contributed by atoms with Gasteiger partial charge in [-0.25, -0.2) is 0 Å². The second-order valence-electron chi connectivity index (χ2n) is 9.41. The first-order chi connectivity index (χ1) is 13.5. The SMILES string of the molecule is CC1(C)[C+]2C1CCC(C)(c1ccccc1)C2(c1ccccc1)c1ccccc1. The molecular weight excluding hydrogens is 336 g/mol. The van der Waals surface area contributed by atoms with E-state index in [-0.39, 0.29) is 16.2 Å². The minimum Gasteiger partial charge on any atom is -0.0622 e. The monoisotopic (exact) mass is 365 g/mol. The van der Waals surface area contributed by atoms with Gasteiger partial charge in [0.25, 0.3) is 0 Å². The maximum absolute atomic E-state index is 2.51. The van der Waals surface area contributed by atoms with Crippen LogP contribution in [0.2, 0.25) is 0 Å². The van der Waals surface area contributed by atoms with Crippen LogP contribution in [0.25, 0.3) is 0 Å². The predicted octanol–water partition coefficient (Wildman–Crippen LogP) is 6.95. The van der Waals surface area contributed by atoms with E-state index < -0.39 is 0 Å². The molecule has 0 N–H and O–H groups in total. The molecule has 3 aromatic rings. The Morgan fingerprint density at radius 3 is 1.54 bits per heavy atom. The molecule has 0 spiro atoms. The van der Waals surface area contributed by atoms with Crippen molar-refractivity contribution in [3.05, 3.63) is 114 Å². The van der Waals surface area contributed by atoms with E-state index in [9.17, 15) is 0 Å². The molecular formula is C28H29+. The molecule has 2 fully saturated rings. The second kappa shape index (κ2) is 6.01. The molecule has 0 aliphatic heterocycles. The molecule has 0 radical (unpaired) electrons. The fraction of sp³-hybridized carbons (Fsp3) is 0.321. The Morgan fingerprint density at radius 2 is 1.07 bits per heavy atom. The second-order valence-corrected chi connectivity index (χ2v) is 9.41. The molecule has 2 aliphatic rings. The van der Waals surface area contributed by atoms with E-state index in [1.807, 2.05) is 0 Å². The molecule has 140 valence electrons. The van der Waals surface area contributed by atoms with Gasteiger partial charge in [-0.15, -0.1) is 0 Å². The zero-order chi connectivity index (χ0) is 19.4. The van der Waals surface area contributed by atoms with Gasteiger partial charge in [-0.3, -0.25) is 0 Å². The first-order valence-corrected chi connectivity index (χ1v) is 10.6. The highest BCUT2D eigenvalue weighted by molar-refractivity contribution is 5.62. The lowest BCUT2D eigenvalue weighted by atomic mass is 9.48. The van der Waals surface area contributed by atoms with Crippen LogP contribution in [-0.2, 0) is 10.8 Å². The highest BCUT2D eigenvalue weighted by Crippen LogP contribution is 2.78. The summed E-state index contributed by atoms with van der Waals surface area (Å²) in [6, 6.07) is 33.8. The van der Waals surface area contributed by atoms with E-state index in [4.69, 9.17) is 0 Å². The Hall–Kier alpha value is -2.47. The summed E-state index contributed by atoms with van der Waals surface area (Å²) in [4.78, 5) is 0. The van der Waals surface area contributed by atoms with Gasteiger partial charge in [0.15, 0.2) is 5.41 Å². The van der Waals surface area contributed by atoms with Crippen LogP contribution < -0.4 is 0 Å². The molecule has 0 aromatic heterocycles. The molecule has 0 heteroatoms. The average Bonchev–Trinajstić information content (AvgIpc) is 3.31. The van der Waals surface area contributed by atoms with Crippen molar-refractivity contribution in [1.82, 2.24) is 0 Å². The Morgan fingerprint density at radius 1 is 0.643 bits per heavy atom.